The number of rotatable bonds is 6. The van der Waals surface area contributed by atoms with Crippen LogP contribution in [0.2, 0.25) is 0 Å². The standard InChI is InChI=1S/C26H25FN6O/c27-22-4-2-1-3-19(22)16-21-17-20(5-8-28-21)26(34)33-13-6-18(7-14-33)15-23-24(30-10-9-29-23)25-31-11-12-32-25/h1-5,8-12,17-18H,6-7,13-16H2,(H,31,32). The van der Waals surface area contributed by atoms with Crippen molar-refractivity contribution >= 4 is 5.91 Å². The number of pyridine rings is 1. The topological polar surface area (TPSA) is 87.7 Å². The van der Waals surface area contributed by atoms with Crippen molar-refractivity contribution in [3.05, 3.63) is 95.7 Å². The van der Waals surface area contributed by atoms with Crippen LogP contribution in [0.1, 0.15) is 40.2 Å². The molecule has 3 aromatic heterocycles. The smallest absolute Gasteiger partial charge is 0.253 e. The highest BCUT2D eigenvalue weighted by Gasteiger charge is 2.25. The summed E-state index contributed by atoms with van der Waals surface area (Å²) in [5.74, 6) is 0.871. The van der Waals surface area contributed by atoms with Gasteiger partial charge in [0.1, 0.15) is 11.5 Å². The van der Waals surface area contributed by atoms with E-state index < -0.39 is 0 Å². The number of amides is 1. The summed E-state index contributed by atoms with van der Waals surface area (Å²) in [5.41, 5.74) is 3.55. The molecule has 0 bridgehead atoms. The lowest BCUT2D eigenvalue weighted by Crippen LogP contribution is -2.39. The van der Waals surface area contributed by atoms with Crippen molar-refractivity contribution in [3.63, 3.8) is 0 Å². The number of nitrogens with one attached hydrogen (secondary N) is 1. The second-order valence-electron chi connectivity index (χ2n) is 8.53. The summed E-state index contributed by atoms with van der Waals surface area (Å²) >= 11 is 0. The number of nitrogens with zero attached hydrogens (tertiary/aromatic N) is 5. The second-order valence-corrected chi connectivity index (χ2v) is 8.53. The van der Waals surface area contributed by atoms with E-state index in [1.165, 1.54) is 6.07 Å². The number of halogens is 1. The number of H-pyrrole nitrogens is 1. The third-order valence-electron chi connectivity index (χ3n) is 6.27. The quantitative estimate of drug-likeness (QED) is 0.472. The molecule has 4 heterocycles. The molecule has 1 N–H and O–H groups in total. The summed E-state index contributed by atoms with van der Waals surface area (Å²) < 4.78 is 14.0. The van der Waals surface area contributed by atoms with Gasteiger partial charge in [0.2, 0.25) is 0 Å². The highest BCUT2D eigenvalue weighted by atomic mass is 19.1. The van der Waals surface area contributed by atoms with E-state index in [2.05, 4.69) is 24.9 Å². The van der Waals surface area contributed by atoms with Gasteiger partial charge in [0.15, 0.2) is 5.82 Å². The highest BCUT2D eigenvalue weighted by molar-refractivity contribution is 5.94. The number of aromatic amines is 1. The third-order valence-corrected chi connectivity index (χ3v) is 6.27. The van der Waals surface area contributed by atoms with E-state index in [0.717, 1.165) is 36.5 Å². The van der Waals surface area contributed by atoms with Crippen molar-refractivity contribution in [2.24, 2.45) is 5.92 Å². The average Bonchev–Trinajstić information content (AvgIpc) is 3.41. The molecule has 172 valence electrons. The molecule has 34 heavy (non-hydrogen) atoms. The lowest BCUT2D eigenvalue weighted by atomic mass is 9.91. The van der Waals surface area contributed by atoms with Gasteiger partial charge < -0.3 is 9.88 Å². The summed E-state index contributed by atoms with van der Waals surface area (Å²) in [7, 11) is 0. The Kier molecular flexibility index (Phi) is 6.38. The molecule has 1 amide bonds. The maximum Gasteiger partial charge on any atom is 0.253 e. The summed E-state index contributed by atoms with van der Waals surface area (Å²) in [6.07, 6.45) is 11.4. The number of likely N-dealkylation sites (tertiary alicyclic amines) is 1. The van der Waals surface area contributed by atoms with Gasteiger partial charge in [-0.1, -0.05) is 18.2 Å². The fraction of sp³-hybridized carbons (Fsp3) is 0.269. The van der Waals surface area contributed by atoms with Crippen molar-refractivity contribution in [1.82, 2.24) is 29.8 Å². The first-order valence-corrected chi connectivity index (χ1v) is 11.4. The van der Waals surface area contributed by atoms with E-state index in [0.29, 0.717) is 42.2 Å². The molecule has 0 spiro atoms. The summed E-state index contributed by atoms with van der Waals surface area (Å²) in [6, 6.07) is 10.1. The molecule has 1 fully saturated rings. The Morgan fingerprint density at radius 1 is 1.00 bits per heavy atom. The Hall–Kier alpha value is -3.94. The van der Waals surface area contributed by atoms with E-state index in [-0.39, 0.29) is 11.7 Å². The second kappa shape index (κ2) is 9.91. The van der Waals surface area contributed by atoms with Crippen molar-refractivity contribution in [1.29, 1.82) is 0 Å². The predicted octanol–water partition coefficient (Wildman–Crippen LogP) is 4.09. The van der Waals surface area contributed by atoms with E-state index in [9.17, 15) is 9.18 Å². The zero-order valence-corrected chi connectivity index (χ0v) is 18.7. The van der Waals surface area contributed by atoms with Crippen LogP contribution in [-0.4, -0.2) is 48.8 Å². The van der Waals surface area contributed by atoms with Gasteiger partial charge >= 0.3 is 0 Å². The molecule has 8 heteroatoms. The van der Waals surface area contributed by atoms with Gasteiger partial charge in [0.25, 0.3) is 5.91 Å². The summed E-state index contributed by atoms with van der Waals surface area (Å²) in [5, 5.41) is 0. The van der Waals surface area contributed by atoms with Crippen LogP contribution in [0.3, 0.4) is 0 Å². The molecule has 1 aliphatic heterocycles. The SMILES string of the molecule is O=C(c1ccnc(Cc2ccccc2F)c1)N1CCC(Cc2nccnc2-c2ncc[nH]2)CC1. The van der Waals surface area contributed by atoms with E-state index in [1.54, 1.807) is 61.3 Å². The monoisotopic (exact) mass is 456 g/mol. The Labute approximate surface area is 197 Å². The largest absolute Gasteiger partial charge is 0.343 e. The highest BCUT2D eigenvalue weighted by Crippen LogP contribution is 2.25. The zero-order chi connectivity index (χ0) is 23.3. The number of aromatic nitrogens is 5. The Balaban J connectivity index is 1.21. The molecule has 1 aliphatic rings. The Morgan fingerprint density at radius 2 is 1.82 bits per heavy atom. The number of hydrogen-bond acceptors (Lipinski definition) is 5. The van der Waals surface area contributed by atoms with Crippen molar-refractivity contribution < 1.29 is 9.18 Å². The molecule has 0 radical (unpaired) electrons. The zero-order valence-electron chi connectivity index (χ0n) is 18.7. The van der Waals surface area contributed by atoms with Crippen molar-refractivity contribution in [3.8, 4) is 11.5 Å². The van der Waals surface area contributed by atoms with Gasteiger partial charge in [-0.25, -0.2) is 14.4 Å². The molecule has 0 saturated carbocycles. The molecule has 0 aliphatic carbocycles. The van der Waals surface area contributed by atoms with E-state index in [4.69, 9.17) is 0 Å². The summed E-state index contributed by atoms with van der Waals surface area (Å²) in [4.78, 5) is 35.8. The first-order valence-electron chi connectivity index (χ1n) is 11.4. The molecular formula is C26H25FN6O. The predicted molar refractivity (Wildman–Crippen MR) is 125 cm³/mol. The van der Waals surface area contributed by atoms with Crippen molar-refractivity contribution in [2.45, 2.75) is 25.7 Å². The molecule has 1 aromatic carbocycles. The normalized spacial score (nSPS) is 14.3. The maximum absolute atomic E-state index is 14.0. The van der Waals surface area contributed by atoms with Gasteiger partial charge in [-0.2, -0.15) is 0 Å². The molecule has 7 nitrogen and oxygen atoms in total. The number of piperidine rings is 1. The lowest BCUT2D eigenvalue weighted by Gasteiger charge is -2.32. The Morgan fingerprint density at radius 3 is 2.62 bits per heavy atom. The Bertz CT molecular complexity index is 1270. The fourth-order valence-electron chi connectivity index (χ4n) is 4.45. The molecule has 0 atom stereocenters. The fourth-order valence-corrected chi connectivity index (χ4v) is 4.45. The molecule has 4 aromatic rings. The maximum atomic E-state index is 14.0. The van der Waals surface area contributed by atoms with Gasteiger partial charge in [-0.3, -0.25) is 14.8 Å². The molecule has 0 unspecified atom stereocenters. The number of hydrogen-bond donors (Lipinski definition) is 1. The van der Waals surface area contributed by atoms with Crippen LogP contribution in [0, 0.1) is 11.7 Å². The van der Waals surface area contributed by atoms with Gasteiger partial charge in [-0.15, -0.1) is 0 Å². The van der Waals surface area contributed by atoms with Crippen LogP contribution in [-0.2, 0) is 12.8 Å². The lowest BCUT2D eigenvalue weighted by molar-refractivity contribution is 0.0690. The number of imidazole rings is 1. The van der Waals surface area contributed by atoms with Gasteiger partial charge in [0.05, 0.1) is 5.69 Å². The molecular weight excluding hydrogens is 431 g/mol. The number of carbonyl (C=O) groups excluding carboxylic acids is 1. The molecule has 5 rings (SSSR count). The third kappa shape index (κ3) is 4.85. The van der Waals surface area contributed by atoms with Crippen molar-refractivity contribution in [2.75, 3.05) is 13.1 Å². The van der Waals surface area contributed by atoms with Crippen LogP contribution < -0.4 is 0 Å². The van der Waals surface area contributed by atoms with Crippen LogP contribution in [0.4, 0.5) is 4.39 Å². The van der Waals surface area contributed by atoms with E-state index in [1.807, 2.05) is 4.90 Å². The van der Waals surface area contributed by atoms with Crippen LogP contribution in [0.5, 0.6) is 0 Å². The number of carbonyl (C=O) groups is 1. The van der Waals surface area contributed by atoms with Crippen LogP contribution >= 0.6 is 0 Å². The summed E-state index contributed by atoms with van der Waals surface area (Å²) in [6.45, 7) is 1.37. The first-order chi connectivity index (χ1) is 16.7. The minimum absolute atomic E-state index is 0.00795. The minimum atomic E-state index is -0.263. The van der Waals surface area contributed by atoms with Crippen LogP contribution in [0.15, 0.2) is 67.4 Å². The number of benzene rings is 1. The average molecular weight is 457 g/mol. The first kappa shape index (κ1) is 21.9. The molecule has 1 saturated heterocycles. The van der Waals surface area contributed by atoms with Crippen LogP contribution in [0.25, 0.3) is 11.5 Å². The minimum Gasteiger partial charge on any atom is -0.343 e. The van der Waals surface area contributed by atoms with Gasteiger partial charge in [0, 0.05) is 61.8 Å². The van der Waals surface area contributed by atoms with Gasteiger partial charge in [-0.05, 0) is 48.9 Å². The van der Waals surface area contributed by atoms with E-state index >= 15 is 0 Å².